The molecule has 1 fully saturated rings. The van der Waals surface area contributed by atoms with Crippen LogP contribution in [-0.2, 0) is 11.3 Å². The van der Waals surface area contributed by atoms with Crippen LogP contribution in [0.3, 0.4) is 0 Å². The van der Waals surface area contributed by atoms with E-state index in [9.17, 15) is 4.79 Å². The van der Waals surface area contributed by atoms with Crippen molar-refractivity contribution in [3.8, 4) is 0 Å². The first-order valence-electron chi connectivity index (χ1n) is 6.07. The fraction of sp³-hybridized carbons (Fsp3) is 0.583. The Hall–Kier alpha value is -1.69. The number of nitrogens with zero attached hydrogens (tertiary/aromatic N) is 3. The quantitative estimate of drug-likeness (QED) is 0.781. The second-order valence-electron chi connectivity index (χ2n) is 4.91. The average Bonchev–Trinajstić information content (AvgIpc) is 2.82. The van der Waals surface area contributed by atoms with Crippen LogP contribution in [0.2, 0.25) is 0 Å². The van der Waals surface area contributed by atoms with Crippen molar-refractivity contribution in [2.75, 3.05) is 25.0 Å². The second-order valence-corrected chi connectivity index (χ2v) is 4.91. The maximum Gasteiger partial charge on any atom is 0.227 e. The number of anilines is 1. The lowest BCUT2D eigenvalue weighted by Crippen LogP contribution is -2.39. The number of nitrogens with one attached hydrogen (secondary N) is 1. The highest BCUT2D eigenvalue weighted by atomic mass is 16.2. The minimum absolute atomic E-state index is 0.0728. The number of carbonyl (C=O) groups is 1. The van der Waals surface area contributed by atoms with E-state index in [1.165, 1.54) is 0 Å². The van der Waals surface area contributed by atoms with Gasteiger partial charge in [0.25, 0.3) is 0 Å². The van der Waals surface area contributed by atoms with E-state index in [4.69, 9.17) is 5.73 Å². The summed E-state index contributed by atoms with van der Waals surface area (Å²) in [5.41, 5.74) is 6.06. The molecule has 6 heteroatoms. The first-order valence-corrected chi connectivity index (χ1v) is 6.07. The van der Waals surface area contributed by atoms with Gasteiger partial charge in [0, 0.05) is 44.6 Å². The summed E-state index contributed by atoms with van der Waals surface area (Å²) < 4.78 is 0. The van der Waals surface area contributed by atoms with Crippen LogP contribution >= 0.6 is 0 Å². The van der Waals surface area contributed by atoms with Gasteiger partial charge in [-0.15, -0.1) is 0 Å². The molecule has 1 amide bonds. The molecule has 2 heterocycles. The maximum absolute atomic E-state index is 11.8. The normalized spacial score (nSPS) is 23.2. The molecule has 1 aliphatic heterocycles. The minimum atomic E-state index is -0.356. The molecule has 1 aliphatic rings. The molecule has 6 nitrogen and oxygen atoms in total. The van der Waals surface area contributed by atoms with Gasteiger partial charge in [0.15, 0.2) is 0 Å². The molecule has 1 atom stereocenters. The summed E-state index contributed by atoms with van der Waals surface area (Å²) in [5.74, 6) is 0.739. The Morgan fingerprint density at radius 3 is 2.78 bits per heavy atom. The van der Waals surface area contributed by atoms with E-state index < -0.39 is 0 Å². The van der Waals surface area contributed by atoms with Crippen LogP contribution in [-0.4, -0.2) is 36.0 Å². The van der Waals surface area contributed by atoms with Crippen LogP contribution in [0.25, 0.3) is 0 Å². The second kappa shape index (κ2) is 4.89. The molecule has 1 unspecified atom stereocenters. The van der Waals surface area contributed by atoms with Gasteiger partial charge in [0.1, 0.15) is 0 Å². The number of nitrogens with two attached hydrogens (primary N) is 1. The summed E-state index contributed by atoms with van der Waals surface area (Å²) in [5, 5.41) is 2.71. The molecule has 0 saturated carbocycles. The van der Waals surface area contributed by atoms with Crippen LogP contribution in [0.1, 0.15) is 18.9 Å². The van der Waals surface area contributed by atoms with E-state index in [1.54, 1.807) is 19.4 Å². The lowest BCUT2D eigenvalue weighted by molar-refractivity contribution is -0.128. The number of carbonyl (C=O) groups excluding carboxylic acids is 1. The van der Waals surface area contributed by atoms with E-state index in [0.29, 0.717) is 19.0 Å². The van der Waals surface area contributed by atoms with Gasteiger partial charge in [0.2, 0.25) is 11.9 Å². The lowest BCUT2D eigenvalue weighted by atomic mass is 9.89. The van der Waals surface area contributed by atoms with Crippen LogP contribution < -0.4 is 16.0 Å². The third kappa shape index (κ3) is 2.28. The fourth-order valence-electron chi connectivity index (χ4n) is 2.24. The highest BCUT2D eigenvalue weighted by molar-refractivity contribution is 5.83. The van der Waals surface area contributed by atoms with E-state index in [2.05, 4.69) is 15.3 Å². The highest BCUT2D eigenvalue weighted by Gasteiger charge is 2.40. The first kappa shape index (κ1) is 12.8. The van der Waals surface area contributed by atoms with Crippen molar-refractivity contribution in [2.24, 2.45) is 11.1 Å². The van der Waals surface area contributed by atoms with Gasteiger partial charge in [-0.05, 0) is 13.3 Å². The standard InChI is InChI=1S/C12H19N5O/c1-12(10(18)14-2)3-4-17(8-12)11-15-6-9(5-13)7-16-11/h6-7H,3-5,8,13H2,1-2H3,(H,14,18). The van der Waals surface area contributed by atoms with Gasteiger partial charge in [-0.25, -0.2) is 9.97 Å². The molecule has 1 aromatic rings. The Kier molecular flexibility index (Phi) is 3.47. The van der Waals surface area contributed by atoms with Crippen LogP contribution in [0.4, 0.5) is 5.95 Å². The smallest absolute Gasteiger partial charge is 0.227 e. The van der Waals surface area contributed by atoms with Crippen molar-refractivity contribution in [2.45, 2.75) is 19.9 Å². The monoisotopic (exact) mass is 249 g/mol. The molecule has 0 spiro atoms. The number of hydrogen-bond acceptors (Lipinski definition) is 5. The molecule has 0 bridgehead atoms. The highest BCUT2D eigenvalue weighted by Crippen LogP contribution is 2.31. The predicted octanol–water partition coefficient (Wildman–Crippen LogP) is -0.102. The Morgan fingerprint density at radius 2 is 2.22 bits per heavy atom. The number of aromatic nitrogens is 2. The van der Waals surface area contributed by atoms with E-state index in [-0.39, 0.29) is 11.3 Å². The first-order chi connectivity index (χ1) is 8.59. The van der Waals surface area contributed by atoms with Crippen LogP contribution in [0.15, 0.2) is 12.4 Å². The molecule has 2 rings (SSSR count). The van der Waals surface area contributed by atoms with Crippen molar-refractivity contribution in [3.63, 3.8) is 0 Å². The summed E-state index contributed by atoms with van der Waals surface area (Å²) in [4.78, 5) is 22.4. The Bertz CT molecular complexity index is 433. The number of rotatable bonds is 3. The Labute approximate surface area is 107 Å². The Balaban J connectivity index is 2.10. The third-order valence-corrected chi connectivity index (χ3v) is 3.46. The molecule has 98 valence electrons. The van der Waals surface area contributed by atoms with Crippen LogP contribution in [0.5, 0.6) is 0 Å². The topological polar surface area (TPSA) is 84.1 Å². The molecule has 1 saturated heterocycles. The van der Waals surface area contributed by atoms with Gasteiger partial charge < -0.3 is 16.0 Å². The van der Waals surface area contributed by atoms with Gasteiger partial charge in [-0.2, -0.15) is 0 Å². The van der Waals surface area contributed by atoms with E-state index in [1.807, 2.05) is 11.8 Å². The molecule has 0 aromatic carbocycles. The Morgan fingerprint density at radius 1 is 1.56 bits per heavy atom. The van der Waals surface area contributed by atoms with Gasteiger partial charge in [-0.1, -0.05) is 0 Å². The maximum atomic E-state index is 11.8. The van der Waals surface area contributed by atoms with Crippen molar-refractivity contribution in [1.82, 2.24) is 15.3 Å². The molecular formula is C12H19N5O. The van der Waals surface area contributed by atoms with Crippen molar-refractivity contribution in [1.29, 1.82) is 0 Å². The summed E-state index contributed by atoms with van der Waals surface area (Å²) in [6, 6.07) is 0. The zero-order valence-electron chi connectivity index (χ0n) is 10.8. The lowest BCUT2D eigenvalue weighted by Gasteiger charge is -2.22. The zero-order chi connectivity index (χ0) is 13.2. The number of amides is 1. The van der Waals surface area contributed by atoms with Gasteiger partial charge in [-0.3, -0.25) is 4.79 Å². The van der Waals surface area contributed by atoms with Crippen molar-refractivity contribution >= 4 is 11.9 Å². The zero-order valence-corrected chi connectivity index (χ0v) is 10.8. The fourth-order valence-corrected chi connectivity index (χ4v) is 2.24. The van der Waals surface area contributed by atoms with Crippen molar-refractivity contribution in [3.05, 3.63) is 18.0 Å². The summed E-state index contributed by atoms with van der Waals surface area (Å²) in [7, 11) is 1.67. The third-order valence-electron chi connectivity index (χ3n) is 3.46. The molecule has 0 aliphatic carbocycles. The molecule has 0 radical (unpaired) electrons. The summed E-state index contributed by atoms with van der Waals surface area (Å²) >= 11 is 0. The summed E-state index contributed by atoms with van der Waals surface area (Å²) in [6.45, 7) is 3.86. The minimum Gasteiger partial charge on any atom is -0.359 e. The largest absolute Gasteiger partial charge is 0.359 e. The van der Waals surface area contributed by atoms with Gasteiger partial charge in [0.05, 0.1) is 5.41 Å². The van der Waals surface area contributed by atoms with E-state index in [0.717, 1.165) is 18.5 Å². The van der Waals surface area contributed by atoms with Crippen LogP contribution in [0, 0.1) is 5.41 Å². The molecule has 18 heavy (non-hydrogen) atoms. The molecule has 3 N–H and O–H groups in total. The van der Waals surface area contributed by atoms with E-state index >= 15 is 0 Å². The van der Waals surface area contributed by atoms with Crippen molar-refractivity contribution < 1.29 is 4.79 Å². The SMILES string of the molecule is CNC(=O)C1(C)CCN(c2ncc(CN)cn2)C1. The predicted molar refractivity (Wildman–Crippen MR) is 68.9 cm³/mol. The average molecular weight is 249 g/mol. The summed E-state index contributed by atoms with van der Waals surface area (Å²) in [6.07, 6.45) is 4.28. The van der Waals surface area contributed by atoms with Gasteiger partial charge >= 0.3 is 0 Å². The number of hydrogen-bond donors (Lipinski definition) is 2. The molecular weight excluding hydrogens is 230 g/mol. The molecule has 1 aromatic heterocycles.